The second kappa shape index (κ2) is 5.01. The number of fused-ring (bicyclic) bond motifs is 1. The van der Waals surface area contributed by atoms with Crippen molar-refractivity contribution in [1.82, 2.24) is 5.32 Å². The molecular formula is C14H17F2N3O. The predicted molar refractivity (Wildman–Crippen MR) is 71.1 cm³/mol. The summed E-state index contributed by atoms with van der Waals surface area (Å²) >= 11 is 0. The minimum absolute atomic E-state index is 0.0131. The van der Waals surface area contributed by atoms with Gasteiger partial charge in [-0.15, -0.1) is 0 Å². The number of carbonyl (C=O) groups excluding carboxylic acids is 1. The summed E-state index contributed by atoms with van der Waals surface area (Å²) < 4.78 is 28.1. The summed E-state index contributed by atoms with van der Waals surface area (Å²) in [5, 5.41) is 2.80. The Kier molecular flexibility index (Phi) is 3.33. The van der Waals surface area contributed by atoms with Gasteiger partial charge in [0.1, 0.15) is 0 Å². The van der Waals surface area contributed by atoms with Crippen molar-refractivity contribution in [2.75, 3.05) is 18.0 Å². The molecule has 3 rings (SSSR count). The maximum absolute atomic E-state index is 14.2. The lowest BCUT2D eigenvalue weighted by Crippen LogP contribution is -2.46. The minimum Gasteiger partial charge on any atom is -0.364 e. The molecule has 1 aromatic carbocycles. The summed E-state index contributed by atoms with van der Waals surface area (Å²) in [6.07, 6.45) is 1.60. The Morgan fingerprint density at radius 3 is 2.90 bits per heavy atom. The topological polar surface area (TPSA) is 58.4 Å². The fourth-order valence-corrected chi connectivity index (χ4v) is 3.21. The highest BCUT2D eigenvalue weighted by molar-refractivity contribution is 5.83. The van der Waals surface area contributed by atoms with Crippen LogP contribution in [0.2, 0.25) is 0 Å². The van der Waals surface area contributed by atoms with E-state index in [1.165, 1.54) is 6.07 Å². The van der Waals surface area contributed by atoms with Crippen LogP contribution in [0, 0.1) is 17.6 Å². The molecule has 2 unspecified atom stereocenters. The van der Waals surface area contributed by atoms with Crippen LogP contribution in [0.3, 0.4) is 0 Å². The van der Waals surface area contributed by atoms with Crippen molar-refractivity contribution in [2.45, 2.75) is 25.4 Å². The van der Waals surface area contributed by atoms with Gasteiger partial charge >= 0.3 is 0 Å². The third-order valence-electron chi connectivity index (χ3n) is 4.27. The van der Waals surface area contributed by atoms with Crippen molar-refractivity contribution in [3.8, 4) is 0 Å². The van der Waals surface area contributed by atoms with Crippen LogP contribution in [-0.2, 0) is 11.3 Å². The molecule has 2 aliphatic heterocycles. The number of nitrogens with one attached hydrogen (secondary N) is 1. The van der Waals surface area contributed by atoms with Gasteiger partial charge in [-0.25, -0.2) is 8.78 Å². The van der Waals surface area contributed by atoms with Gasteiger partial charge in [0.05, 0.1) is 17.6 Å². The molecule has 0 radical (unpaired) electrons. The second-order valence-electron chi connectivity index (χ2n) is 5.33. The zero-order valence-corrected chi connectivity index (χ0v) is 11.0. The van der Waals surface area contributed by atoms with Gasteiger partial charge in [0.2, 0.25) is 5.91 Å². The maximum atomic E-state index is 14.2. The van der Waals surface area contributed by atoms with Crippen LogP contribution in [0.15, 0.2) is 12.1 Å². The third kappa shape index (κ3) is 1.95. The Morgan fingerprint density at radius 1 is 1.35 bits per heavy atom. The largest absolute Gasteiger partial charge is 0.364 e. The number of amides is 1. The third-order valence-corrected chi connectivity index (χ3v) is 4.27. The molecule has 2 fully saturated rings. The van der Waals surface area contributed by atoms with Gasteiger partial charge < -0.3 is 16.0 Å². The van der Waals surface area contributed by atoms with Crippen molar-refractivity contribution in [2.24, 2.45) is 11.7 Å². The summed E-state index contributed by atoms with van der Waals surface area (Å²) in [6, 6.07) is 2.99. The normalized spacial score (nSPS) is 25.6. The Bertz CT molecular complexity index is 549. The van der Waals surface area contributed by atoms with Crippen molar-refractivity contribution < 1.29 is 13.6 Å². The van der Waals surface area contributed by atoms with Gasteiger partial charge in [0.15, 0.2) is 11.6 Å². The highest BCUT2D eigenvalue weighted by Crippen LogP contribution is 2.34. The molecule has 2 atom stereocenters. The van der Waals surface area contributed by atoms with E-state index >= 15 is 0 Å². The van der Waals surface area contributed by atoms with E-state index < -0.39 is 11.6 Å². The molecule has 0 bridgehead atoms. The van der Waals surface area contributed by atoms with Gasteiger partial charge in [-0.1, -0.05) is 6.07 Å². The monoisotopic (exact) mass is 281 g/mol. The quantitative estimate of drug-likeness (QED) is 0.854. The fourth-order valence-electron chi connectivity index (χ4n) is 3.21. The van der Waals surface area contributed by atoms with Crippen LogP contribution in [0.5, 0.6) is 0 Å². The van der Waals surface area contributed by atoms with E-state index in [0.717, 1.165) is 12.8 Å². The summed E-state index contributed by atoms with van der Waals surface area (Å²) in [6.45, 7) is 1.09. The van der Waals surface area contributed by atoms with Gasteiger partial charge in [0.25, 0.3) is 0 Å². The Balaban J connectivity index is 1.96. The summed E-state index contributed by atoms with van der Waals surface area (Å²) in [7, 11) is 0. The SMILES string of the molecule is NCc1ccc(N2CCCC3C(=O)NCC32)c(F)c1F. The van der Waals surface area contributed by atoms with E-state index in [1.54, 1.807) is 6.07 Å². The summed E-state index contributed by atoms with van der Waals surface area (Å²) in [5.41, 5.74) is 5.77. The van der Waals surface area contributed by atoms with Crippen LogP contribution in [0.1, 0.15) is 18.4 Å². The van der Waals surface area contributed by atoms with E-state index in [2.05, 4.69) is 5.32 Å². The minimum atomic E-state index is -0.885. The van der Waals surface area contributed by atoms with E-state index in [9.17, 15) is 13.6 Å². The number of carbonyl (C=O) groups is 1. The number of rotatable bonds is 2. The molecule has 1 aromatic rings. The first kappa shape index (κ1) is 13.3. The Hall–Kier alpha value is -1.69. The van der Waals surface area contributed by atoms with Crippen LogP contribution in [-0.4, -0.2) is 25.0 Å². The number of hydrogen-bond acceptors (Lipinski definition) is 3. The van der Waals surface area contributed by atoms with Crippen molar-refractivity contribution in [3.05, 3.63) is 29.3 Å². The van der Waals surface area contributed by atoms with Crippen LogP contribution in [0.25, 0.3) is 0 Å². The molecule has 1 amide bonds. The fraction of sp³-hybridized carbons (Fsp3) is 0.500. The Labute approximate surface area is 115 Å². The smallest absolute Gasteiger partial charge is 0.225 e. The zero-order valence-electron chi connectivity index (χ0n) is 11.0. The first-order valence-corrected chi connectivity index (χ1v) is 6.84. The average molecular weight is 281 g/mol. The van der Waals surface area contributed by atoms with Crippen molar-refractivity contribution in [3.63, 3.8) is 0 Å². The molecule has 2 saturated heterocycles. The number of nitrogens with zero attached hydrogens (tertiary/aromatic N) is 1. The highest BCUT2D eigenvalue weighted by atomic mass is 19.2. The number of anilines is 1. The lowest BCUT2D eigenvalue weighted by atomic mass is 9.91. The average Bonchev–Trinajstić information content (AvgIpc) is 2.84. The lowest BCUT2D eigenvalue weighted by Gasteiger charge is -2.38. The Morgan fingerprint density at radius 2 is 2.15 bits per heavy atom. The summed E-state index contributed by atoms with van der Waals surface area (Å²) in [5.74, 6) is -1.86. The van der Waals surface area contributed by atoms with E-state index in [4.69, 9.17) is 5.73 Å². The molecule has 0 spiro atoms. The predicted octanol–water partition coefficient (Wildman–Crippen LogP) is 1.14. The molecule has 0 saturated carbocycles. The molecule has 3 N–H and O–H groups in total. The molecule has 4 nitrogen and oxygen atoms in total. The zero-order chi connectivity index (χ0) is 14.3. The lowest BCUT2D eigenvalue weighted by molar-refractivity contribution is -0.123. The molecule has 2 aliphatic rings. The second-order valence-corrected chi connectivity index (χ2v) is 5.33. The molecular weight excluding hydrogens is 264 g/mol. The van der Waals surface area contributed by atoms with Crippen LogP contribution < -0.4 is 16.0 Å². The van der Waals surface area contributed by atoms with Crippen molar-refractivity contribution in [1.29, 1.82) is 0 Å². The molecule has 6 heteroatoms. The molecule has 108 valence electrons. The van der Waals surface area contributed by atoms with E-state index in [0.29, 0.717) is 13.1 Å². The number of halogens is 2. The van der Waals surface area contributed by atoms with Crippen LogP contribution >= 0.6 is 0 Å². The maximum Gasteiger partial charge on any atom is 0.225 e. The highest BCUT2D eigenvalue weighted by Gasteiger charge is 2.41. The number of hydrogen-bond donors (Lipinski definition) is 2. The van der Waals surface area contributed by atoms with E-state index in [1.807, 2.05) is 4.90 Å². The number of benzene rings is 1. The van der Waals surface area contributed by atoms with Gasteiger partial charge in [0, 0.05) is 25.2 Å². The summed E-state index contributed by atoms with van der Waals surface area (Å²) in [4.78, 5) is 13.5. The molecule has 0 aromatic heterocycles. The van der Waals surface area contributed by atoms with Crippen molar-refractivity contribution >= 4 is 11.6 Å². The van der Waals surface area contributed by atoms with Gasteiger partial charge in [-0.3, -0.25) is 4.79 Å². The molecule has 2 heterocycles. The first-order valence-electron chi connectivity index (χ1n) is 6.84. The van der Waals surface area contributed by atoms with Gasteiger partial charge in [-0.05, 0) is 18.9 Å². The van der Waals surface area contributed by atoms with E-state index in [-0.39, 0.29) is 35.7 Å². The van der Waals surface area contributed by atoms with Gasteiger partial charge in [-0.2, -0.15) is 0 Å². The standard InChI is InChI=1S/C14H17F2N3O/c15-12-8(6-17)3-4-10(13(12)16)19-5-1-2-9-11(19)7-18-14(9)20/h3-4,9,11H,1-2,5-7,17H2,(H,18,20). The number of piperidine rings is 1. The number of nitrogens with two attached hydrogens (primary N) is 1. The molecule has 0 aliphatic carbocycles. The molecule has 20 heavy (non-hydrogen) atoms. The first-order chi connectivity index (χ1) is 9.63. The van der Waals surface area contributed by atoms with Crippen LogP contribution in [0.4, 0.5) is 14.5 Å².